The number of benzene rings is 5. The molecule has 0 fully saturated rings. The van der Waals surface area contributed by atoms with Gasteiger partial charge in [-0.2, -0.15) is 11.4 Å². The number of unbranched alkanes of at least 4 members (excludes halogenated alkanes) is 4. The van der Waals surface area contributed by atoms with Crippen molar-refractivity contribution in [1.82, 2.24) is 0 Å². The molecule has 2 aliphatic rings. The van der Waals surface area contributed by atoms with E-state index >= 15 is 0 Å². The fourth-order valence-electron chi connectivity index (χ4n) is 9.38. The first-order chi connectivity index (χ1) is 28.7. The van der Waals surface area contributed by atoms with Gasteiger partial charge in [-0.3, -0.25) is 0 Å². The molecule has 0 unspecified atom stereocenters. The maximum Gasteiger partial charge on any atom is 0.209 e. The second-order valence-electron chi connectivity index (χ2n) is 17.6. The molecular weight excluding hydrogens is 711 g/mol. The molecule has 0 bridgehead atoms. The van der Waals surface area contributed by atoms with Gasteiger partial charge in [-0.25, -0.2) is 16.4 Å². The minimum absolute atomic E-state index is 0.0116. The lowest BCUT2D eigenvalue weighted by Crippen LogP contribution is -2.64. The van der Waals surface area contributed by atoms with Gasteiger partial charge in [0.15, 0.2) is 5.71 Å². The molecule has 0 atom stereocenters. The standard InChI is InChI=1S/C37H49N2.C19H18B/c1-7-9-20-28-38-32-24-18-16-22-30(32)36(3,4)34(38)26-14-12-11-13-15-27-35-37(5,6)31-23-17-19-25-33(31)39(35)29-21-10-8-2;1-20(17-11-5-2-6-12-17,18-13-7-3-8-14-18)19-15-9-4-10-16-19/h11-19,22-27H,7-10,20-21,28-29H2,1-6H3;2-16H,1H3/q+1;-1. The minimum Gasteiger partial charge on any atom is -0.344 e. The molecule has 59 heavy (non-hydrogen) atoms. The predicted molar refractivity (Wildman–Crippen MR) is 260 cm³/mol. The highest BCUT2D eigenvalue weighted by Crippen LogP contribution is 2.47. The van der Waals surface area contributed by atoms with Crippen LogP contribution in [0.3, 0.4) is 0 Å². The first-order valence-electron chi connectivity index (χ1n) is 22.3. The SMILES string of the molecule is CCCCCN1/C(=C/C=C/C=C/C=C/C2=[N+](CCCCC)c3ccccc3C2(C)C)C(C)(C)c2ccccc21.C[B-](c1ccccc1)(c1ccccc1)c1ccccc1. The van der Waals surface area contributed by atoms with Gasteiger partial charge < -0.3 is 4.90 Å². The maximum atomic E-state index is 2.54. The van der Waals surface area contributed by atoms with E-state index in [4.69, 9.17) is 0 Å². The highest BCUT2D eigenvalue weighted by atomic mass is 15.2. The average molecular weight is 779 g/mol. The molecule has 0 radical (unpaired) electrons. The maximum absolute atomic E-state index is 2.54. The lowest BCUT2D eigenvalue weighted by Gasteiger charge is -2.39. The Morgan fingerprint density at radius 1 is 0.525 bits per heavy atom. The van der Waals surface area contributed by atoms with Crippen LogP contribution < -0.4 is 21.3 Å². The van der Waals surface area contributed by atoms with E-state index in [-0.39, 0.29) is 10.8 Å². The van der Waals surface area contributed by atoms with Crippen molar-refractivity contribution in [1.29, 1.82) is 0 Å². The zero-order valence-corrected chi connectivity index (χ0v) is 36.9. The zero-order valence-electron chi connectivity index (χ0n) is 36.9. The molecule has 0 aromatic heterocycles. The van der Waals surface area contributed by atoms with Gasteiger partial charge in [-0.05, 0) is 44.4 Å². The number of hydrogen-bond donors (Lipinski definition) is 0. The lowest BCUT2D eigenvalue weighted by molar-refractivity contribution is -0.438. The molecular formula is C56H67BN2. The summed E-state index contributed by atoms with van der Waals surface area (Å²) in [5, 5.41) is 0. The molecule has 2 heterocycles. The van der Waals surface area contributed by atoms with E-state index in [2.05, 4.69) is 240 Å². The fraction of sp³-hybridized carbons (Fsp3) is 0.304. The number of rotatable bonds is 15. The number of nitrogens with zero attached hydrogens (tertiary/aromatic N) is 2. The van der Waals surface area contributed by atoms with Crippen molar-refractivity contribution < 1.29 is 4.58 Å². The van der Waals surface area contributed by atoms with Crippen molar-refractivity contribution in [3.05, 3.63) is 199 Å². The molecule has 2 aliphatic heterocycles. The van der Waals surface area contributed by atoms with Crippen LogP contribution in [-0.2, 0) is 10.8 Å². The van der Waals surface area contributed by atoms with Crippen molar-refractivity contribution in [2.24, 2.45) is 0 Å². The Labute approximate surface area is 357 Å². The van der Waals surface area contributed by atoms with Crippen molar-refractivity contribution in [3.8, 4) is 0 Å². The number of para-hydroxylation sites is 2. The third-order valence-corrected chi connectivity index (χ3v) is 12.9. The van der Waals surface area contributed by atoms with Crippen LogP contribution in [0.4, 0.5) is 11.4 Å². The number of anilines is 1. The van der Waals surface area contributed by atoms with Crippen molar-refractivity contribution in [2.45, 2.75) is 97.7 Å². The summed E-state index contributed by atoms with van der Waals surface area (Å²) in [6, 6.07) is 50.2. The van der Waals surface area contributed by atoms with Crippen molar-refractivity contribution >= 4 is 39.6 Å². The average Bonchev–Trinajstić information content (AvgIpc) is 3.62. The fourth-order valence-corrected chi connectivity index (χ4v) is 9.38. The van der Waals surface area contributed by atoms with Gasteiger partial charge in [-0.15, -0.1) is 0 Å². The van der Waals surface area contributed by atoms with Crippen LogP contribution in [-0.4, -0.2) is 29.5 Å². The summed E-state index contributed by atoms with van der Waals surface area (Å²) >= 11 is 0. The van der Waals surface area contributed by atoms with Gasteiger partial charge in [0.25, 0.3) is 0 Å². The van der Waals surface area contributed by atoms with E-state index in [1.807, 2.05) is 0 Å². The van der Waals surface area contributed by atoms with E-state index in [1.165, 1.54) is 88.8 Å². The van der Waals surface area contributed by atoms with Crippen LogP contribution >= 0.6 is 0 Å². The Morgan fingerprint density at radius 2 is 1.02 bits per heavy atom. The van der Waals surface area contributed by atoms with Gasteiger partial charge in [0, 0.05) is 47.5 Å². The Bertz CT molecular complexity index is 2160. The quantitative estimate of drug-likeness (QED) is 0.0444. The highest BCUT2D eigenvalue weighted by Gasteiger charge is 2.44. The molecule has 0 amide bonds. The third kappa shape index (κ3) is 9.57. The zero-order chi connectivity index (χ0) is 41.7. The summed E-state index contributed by atoms with van der Waals surface area (Å²) in [4.78, 5) is 2.54. The van der Waals surface area contributed by atoms with Crippen LogP contribution in [0.15, 0.2) is 188 Å². The molecule has 0 aliphatic carbocycles. The van der Waals surface area contributed by atoms with Crippen molar-refractivity contribution in [2.75, 3.05) is 18.0 Å². The van der Waals surface area contributed by atoms with E-state index in [1.54, 1.807) is 0 Å². The topological polar surface area (TPSA) is 6.25 Å². The van der Waals surface area contributed by atoms with Crippen LogP contribution in [0, 0.1) is 0 Å². The van der Waals surface area contributed by atoms with Crippen molar-refractivity contribution in [3.63, 3.8) is 0 Å². The molecule has 304 valence electrons. The first kappa shape index (κ1) is 43.2. The normalized spacial score (nSPS) is 16.3. The minimum atomic E-state index is -0.912. The summed E-state index contributed by atoms with van der Waals surface area (Å²) in [6.45, 7) is 18.5. The van der Waals surface area contributed by atoms with Crippen LogP contribution in [0.2, 0.25) is 6.82 Å². The highest BCUT2D eigenvalue weighted by molar-refractivity contribution is 7.10. The monoisotopic (exact) mass is 779 g/mol. The Balaban J connectivity index is 0.000000244. The smallest absolute Gasteiger partial charge is 0.209 e. The molecule has 5 aromatic rings. The van der Waals surface area contributed by atoms with E-state index in [0.717, 1.165) is 13.1 Å². The molecule has 7 rings (SSSR count). The summed E-state index contributed by atoms with van der Waals surface area (Å²) in [6.07, 6.45) is 22.1. The molecule has 5 aromatic carbocycles. The number of fused-ring (bicyclic) bond motifs is 2. The largest absolute Gasteiger partial charge is 0.344 e. The van der Waals surface area contributed by atoms with E-state index in [0.29, 0.717) is 0 Å². The van der Waals surface area contributed by atoms with Gasteiger partial charge in [-0.1, -0.05) is 205 Å². The van der Waals surface area contributed by atoms with Crippen LogP contribution in [0.5, 0.6) is 0 Å². The van der Waals surface area contributed by atoms with Gasteiger partial charge in [0.05, 0.1) is 11.6 Å². The summed E-state index contributed by atoms with van der Waals surface area (Å²) in [7, 11) is 0. The number of hydrogen-bond acceptors (Lipinski definition) is 1. The predicted octanol–water partition coefficient (Wildman–Crippen LogP) is 12.6. The van der Waals surface area contributed by atoms with Crippen LogP contribution in [0.25, 0.3) is 0 Å². The van der Waals surface area contributed by atoms with Gasteiger partial charge in [0.2, 0.25) is 5.69 Å². The second kappa shape index (κ2) is 20.0. The second-order valence-corrected chi connectivity index (χ2v) is 17.6. The number of allylic oxidation sites excluding steroid dienone is 8. The molecule has 0 saturated heterocycles. The first-order valence-corrected chi connectivity index (χ1v) is 22.3. The molecule has 3 heteroatoms. The van der Waals surface area contributed by atoms with E-state index < -0.39 is 6.15 Å². The van der Waals surface area contributed by atoms with Gasteiger partial charge in [0.1, 0.15) is 6.54 Å². The molecule has 0 saturated carbocycles. The van der Waals surface area contributed by atoms with E-state index in [9.17, 15) is 0 Å². The summed E-state index contributed by atoms with van der Waals surface area (Å²) < 4.78 is 2.54. The Morgan fingerprint density at radius 3 is 1.61 bits per heavy atom. The Hall–Kier alpha value is -5.41. The van der Waals surface area contributed by atoms with Crippen LogP contribution in [0.1, 0.15) is 91.2 Å². The summed E-state index contributed by atoms with van der Waals surface area (Å²) in [5.41, 5.74) is 12.6. The lowest BCUT2D eigenvalue weighted by atomic mass is 9.17. The molecule has 0 spiro atoms. The molecule has 0 N–H and O–H groups in total. The summed E-state index contributed by atoms with van der Waals surface area (Å²) in [5.74, 6) is 0. The molecule has 2 nitrogen and oxygen atoms in total. The Kier molecular flexibility index (Phi) is 14.7. The third-order valence-electron chi connectivity index (χ3n) is 12.9. The van der Waals surface area contributed by atoms with Gasteiger partial charge >= 0.3 is 0 Å².